The summed E-state index contributed by atoms with van der Waals surface area (Å²) in [7, 11) is 0. The minimum atomic E-state index is -0.342. The van der Waals surface area contributed by atoms with Crippen LogP contribution in [0.15, 0.2) is 18.2 Å². The first-order valence-corrected chi connectivity index (χ1v) is 7.91. The number of thioether (sulfide) groups is 1. The third-order valence-corrected chi connectivity index (χ3v) is 4.95. The molecular formula is C14H20N2O3S. The molecule has 1 N–H and O–H groups in total. The van der Waals surface area contributed by atoms with Crippen molar-refractivity contribution in [2.24, 2.45) is 0 Å². The van der Waals surface area contributed by atoms with E-state index in [0.29, 0.717) is 5.25 Å². The van der Waals surface area contributed by atoms with Gasteiger partial charge in [-0.05, 0) is 31.9 Å². The summed E-state index contributed by atoms with van der Waals surface area (Å²) in [5, 5.41) is 14.6. The molecule has 0 aliphatic carbocycles. The van der Waals surface area contributed by atoms with E-state index in [4.69, 9.17) is 4.74 Å². The Balaban J connectivity index is 2.10. The topological polar surface area (TPSA) is 64.4 Å². The molecule has 2 rings (SSSR count). The van der Waals surface area contributed by atoms with E-state index in [1.807, 2.05) is 18.7 Å². The lowest BCUT2D eigenvalue weighted by Gasteiger charge is -2.15. The van der Waals surface area contributed by atoms with E-state index in [1.165, 1.54) is 0 Å². The predicted molar refractivity (Wildman–Crippen MR) is 82.4 cm³/mol. The van der Waals surface area contributed by atoms with Gasteiger partial charge in [-0.2, -0.15) is 11.8 Å². The highest BCUT2D eigenvalue weighted by Crippen LogP contribution is 2.32. The van der Waals surface area contributed by atoms with Crippen LogP contribution in [0, 0.1) is 10.1 Å². The fourth-order valence-corrected chi connectivity index (χ4v) is 3.55. The average molecular weight is 296 g/mol. The van der Waals surface area contributed by atoms with Crippen molar-refractivity contribution >= 4 is 23.1 Å². The van der Waals surface area contributed by atoms with Crippen molar-refractivity contribution in [2.75, 3.05) is 18.5 Å². The number of benzene rings is 1. The smallest absolute Gasteiger partial charge is 0.269 e. The van der Waals surface area contributed by atoms with Crippen LogP contribution in [0.5, 0.6) is 0 Å². The minimum Gasteiger partial charge on any atom is -0.385 e. The lowest BCUT2D eigenvalue weighted by atomic mass is 10.2. The number of anilines is 1. The second-order valence-electron chi connectivity index (χ2n) is 4.84. The summed E-state index contributed by atoms with van der Waals surface area (Å²) in [4.78, 5) is 10.6. The number of hydrogen-bond acceptors (Lipinski definition) is 5. The Morgan fingerprint density at radius 1 is 1.55 bits per heavy atom. The van der Waals surface area contributed by atoms with Crippen LogP contribution in [0.1, 0.15) is 25.8 Å². The zero-order valence-electron chi connectivity index (χ0n) is 11.8. The van der Waals surface area contributed by atoms with E-state index in [1.54, 1.807) is 18.2 Å². The molecule has 1 aromatic carbocycles. The second kappa shape index (κ2) is 6.95. The molecule has 2 unspecified atom stereocenters. The summed E-state index contributed by atoms with van der Waals surface area (Å²) in [6.45, 7) is 5.72. The van der Waals surface area contributed by atoms with Gasteiger partial charge in [-0.25, -0.2) is 0 Å². The van der Waals surface area contributed by atoms with Crippen LogP contribution < -0.4 is 5.32 Å². The van der Waals surface area contributed by atoms with Crippen LogP contribution >= 0.6 is 11.8 Å². The maximum Gasteiger partial charge on any atom is 0.269 e. The van der Waals surface area contributed by atoms with E-state index in [-0.39, 0.29) is 16.7 Å². The van der Waals surface area contributed by atoms with E-state index in [9.17, 15) is 10.1 Å². The highest BCUT2D eigenvalue weighted by atomic mass is 32.2. The van der Waals surface area contributed by atoms with Crippen LogP contribution in [0.25, 0.3) is 0 Å². The van der Waals surface area contributed by atoms with Gasteiger partial charge in [0, 0.05) is 42.0 Å². The van der Waals surface area contributed by atoms with E-state index < -0.39 is 0 Å². The number of ether oxygens (including phenoxy) is 1. The Labute approximate surface area is 123 Å². The van der Waals surface area contributed by atoms with Gasteiger partial charge in [0.05, 0.1) is 11.0 Å². The number of rotatable bonds is 6. The monoisotopic (exact) mass is 296 g/mol. The van der Waals surface area contributed by atoms with Crippen LogP contribution in [0.2, 0.25) is 0 Å². The zero-order valence-corrected chi connectivity index (χ0v) is 12.6. The Bertz CT molecular complexity index is 481. The van der Waals surface area contributed by atoms with E-state index >= 15 is 0 Å². The van der Waals surface area contributed by atoms with Gasteiger partial charge in [-0.15, -0.1) is 0 Å². The fourth-order valence-electron chi connectivity index (χ4n) is 2.30. The van der Waals surface area contributed by atoms with Gasteiger partial charge in [-0.1, -0.05) is 0 Å². The van der Waals surface area contributed by atoms with Gasteiger partial charge in [-0.3, -0.25) is 10.1 Å². The minimum absolute atomic E-state index is 0.151. The molecule has 110 valence electrons. The maximum absolute atomic E-state index is 10.9. The second-order valence-corrected chi connectivity index (χ2v) is 6.07. The first-order chi connectivity index (χ1) is 9.61. The van der Waals surface area contributed by atoms with Crippen molar-refractivity contribution in [1.29, 1.82) is 0 Å². The Kier molecular flexibility index (Phi) is 5.25. The molecule has 1 aliphatic heterocycles. The molecule has 0 aromatic heterocycles. The van der Waals surface area contributed by atoms with Crippen LogP contribution in [-0.2, 0) is 10.5 Å². The maximum atomic E-state index is 10.9. The summed E-state index contributed by atoms with van der Waals surface area (Å²) in [6, 6.07) is 5.02. The third-order valence-electron chi connectivity index (χ3n) is 3.43. The Morgan fingerprint density at radius 3 is 2.95 bits per heavy atom. The number of nitrogens with zero attached hydrogens (tertiary/aromatic N) is 1. The van der Waals surface area contributed by atoms with Gasteiger partial charge in [0.2, 0.25) is 0 Å². The van der Waals surface area contributed by atoms with Crippen molar-refractivity contribution in [2.45, 2.75) is 37.4 Å². The molecule has 20 heavy (non-hydrogen) atoms. The SMILES string of the molecule is CCNc1ccc([N+](=O)[O-])cc1CSC1CCOC1C. The van der Waals surface area contributed by atoms with Gasteiger partial charge in [0.25, 0.3) is 5.69 Å². The molecule has 2 atom stereocenters. The van der Waals surface area contributed by atoms with Gasteiger partial charge < -0.3 is 10.1 Å². The zero-order chi connectivity index (χ0) is 14.5. The van der Waals surface area contributed by atoms with Gasteiger partial charge in [0.1, 0.15) is 0 Å². The number of non-ortho nitro benzene ring substituents is 1. The molecule has 1 aromatic rings. The number of nitro groups is 1. The highest BCUT2D eigenvalue weighted by molar-refractivity contribution is 7.99. The van der Waals surface area contributed by atoms with Gasteiger partial charge >= 0.3 is 0 Å². The summed E-state index contributed by atoms with van der Waals surface area (Å²) in [6.07, 6.45) is 1.32. The summed E-state index contributed by atoms with van der Waals surface area (Å²) >= 11 is 1.82. The average Bonchev–Trinajstić information content (AvgIpc) is 2.83. The summed E-state index contributed by atoms with van der Waals surface area (Å²) in [5.74, 6) is 0.766. The number of nitrogens with one attached hydrogen (secondary N) is 1. The predicted octanol–water partition coefficient (Wildman–Crippen LogP) is 3.44. The van der Waals surface area contributed by atoms with Crippen molar-refractivity contribution in [3.63, 3.8) is 0 Å². The summed E-state index contributed by atoms with van der Waals surface area (Å²) < 4.78 is 5.55. The largest absolute Gasteiger partial charge is 0.385 e. The van der Waals surface area contributed by atoms with Crippen molar-refractivity contribution in [1.82, 2.24) is 0 Å². The molecule has 1 saturated heterocycles. The lowest BCUT2D eigenvalue weighted by molar-refractivity contribution is -0.384. The molecule has 1 aliphatic rings. The fraction of sp³-hybridized carbons (Fsp3) is 0.571. The van der Waals surface area contributed by atoms with Crippen molar-refractivity contribution < 1.29 is 9.66 Å². The molecule has 0 bridgehead atoms. The van der Waals surface area contributed by atoms with Crippen molar-refractivity contribution in [3.8, 4) is 0 Å². The Hall–Kier alpha value is -1.27. The first-order valence-electron chi connectivity index (χ1n) is 6.86. The standard InChI is InChI=1S/C14H20N2O3S/c1-3-15-13-5-4-12(16(17)18)8-11(13)9-20-14-6-7-19-10(14)2/h4-5,8,10,14-15H,3,6-7,9H2,1-2H3. The first kappa shape index (κ1) is 15.1. The molecule has 0 saturated carbocycles. The lowest BCUT2D eigenvalue weighted by Crippen LogP contribution is -2.13. The van der Waals surface area contributed by atoms with Crippen LogP contribution in [-0.4, -0.2) is 29.4 Å². The van der Waals surface area contributed by atoms with E-state index in [0.717, 1.165) is 36.6 Å². The molecule has 6 heteroatoms. The third kappa shape index (κ3) is 3.64. The molecule has 1 heterocycles. The molecule has 0 amide bonds. The summed E-state index contributed by atoms with van der Waals surface area (Å²) in [5.41, 5.74) is 2.13. The quantitative estimate of drug-likeness (QED) is 0.643. The molecule has 5 nitrogen and oxygen atoms in total. The normalized spacial score (nSPS) is 21.9. The van der Waals surface area contributed by atoms with E-state index in [2.05, 4.69) is 12.2 Å². The van der Waals surface area contributed by atoms with Crippen LogP contribution in [0.4, 0.5) is 11.4 Å². The highest BCUT2D eigenvalue weighted by Gasteiger charge is 2.25. The Morgan fingerprint density at radius 2 is 2.35 bits per heavy atom. The number of hydrogen-bond donors (Lipinski definition) is 1. The molecule has 0 spiro atoms. The molecule has 0 radical (unpaired) electrons. The number of nitro benzene ring substituents is 1. The van der Waals surface area contributed by atoms with Crippen LogP contribution in [0.3, 0.4) is 0 Å². The molecular weight excluding hydrogens is 276 g/mol. The van der Waals surface area contributed by atoms with Crippen molar-refractivity contribution in [3.05, 3.63) is 33.9 Å². The van der Waals surface area contributed by atoms with Gasteiger partial charge in [0.15, 0.2) is 0 Å². The molecule has 1 fully saturated rings.